The van der Waals surface area contributed by atoms with Gasteiger partial charge in [-0.15, -0.1) is 0 Å². The molecule has 0 unspecified atom stereocenters. The Morgan fingerprint density at radius 3 is 1.95 bits per heavy atom. The Hall–Kier alpha value is 0.389. The van der Waals surface area contributed by atoms with Crippen LogP contribution in [0.1, 0.15) is 64.2 Å². The monoisotopic (exact) mass is 419 g/mol. The van der Waals surface area contributed by atoms with Crippen molar-refractivity contribution in [2.75, 3.05) is 6.61 Å². The topological polar surface area (TPSA) is 33.1 Å². The molecule has 0 bridgehead atoms. The van der Waals surface area contributed by atoms with E-state index >= 15 is 0 Å². The first-order valence-corrected chi connectivity index (χ1v) is 17.1. The number of hydrogen-bond donors (Lipinski definition) is 1. The van der Waals surface area contributed by atoms with Crippen molar-refractivity contribution in [3.63, 3.8) is 0 Å². The van der Waals surface area contributed by atoms with E-state index in [1.54, 1.807) is 11.3 Å². The summed E-state index contributed by atoms with van der Waals surface area (Å²) in [4.78, 5) is 6.28. The third-order valence-corrected chi connectivity index (χ3v) is 21.2. The fourth-order valence-corrected chi connectivity index (χ4v) is 22.1. The number of thiazole rings is 1. The van der Waals surface area contributed by atoms with E-state index in [1.807, 2.05) is 5.51 Å². The summed E-state index contributed by atoms with van der Waals surface area (Å²) in [6, 6.07) is 0. The van der Waals surface area contributed by atoms with Gasteiger partial charge in [0.25, 0.3) is 0 Å². The quantitative estimate of drug-likeness (QED) is 0.498. The van der Waals surface area contributed by atoms with Crippen molar-refractivity contribution in [2.24, 2.45) is 0 Å². The molecule has 0 radical (unpaired) electrons. The van der Waals surface area contributed by atoms with E-state index in [-0.39, 0.29) is 6.61 Å². The van der Waals surface area contributed by atoms with Gasteiger partial charge in [0.1, 0.15) is 0 Å². The average Bonchev–Trinajstić information content (AvgIpc) is 2.96. The molecule has 4 heteroatoms. The van der Waals surface area contributed by atoms with Crippen molar-refractivity contribution >= 4 is 33.4 Å². The Bertz CT molecular complexity index is 359. The van der Waals surface area contributed by atoms with Crippen LogP contribution < -0.4 is 3.71 Å². The fourth-order valence-electron chi connectivity index (χ4n) is 3.26. The van der Waals surface area contributed by atoms with Crippen LogP contribution in [0.4, 0.5) is 0 Å². The van der Waals surface area contributed by atoms with Gasteiger partial charge in [0.15, 0.2) is 0 Å². The Kier molecular flexibility index (Phi) is 10.2. The number of hydrogen-bond acceptors (Lipinski definition) is 3. The van der Waals surface area contributed by atoms with E-state index in [0.29, 0.717) is 0 Å². The van der Waals surface area contributed by atoms with Crippen molar-refractivity contribution < 1.29 is 5.11 Å². The summed E-state index contributed by atoms with van der Waals surface area (Å²) in [6.45, 7) is 7.20. The van der Waals surface area contributed by atoms with E-state index in [4.69, 9.17) is 4.98 Å². The fraction of sp³-hybridized carbons (Fsp3) is 0.824. The maximum absolute atomic E-state index is 9.36. The number of unbranched alkanes of at least 4 members (excludes halogenated alkanes) is 3. The average molecular weight is 418 g/mol. The normalized spacial score (nSPS) is 12.0. The first-order valence-electron chi connectivity index (χ1n) is 8.77. The Morgan fingerprint density at radius 2 is 1.52 bits per heavy atom. The summed E-state index contributed by atoms with van der Waals surface area (Å²) in [6.07, 6.45) is 8.85. The summed E-state index contributed by atoms with van der Waals surface area (Å²) in [7, 11) is 0. The first-order chi connectivity index (χ1) is 10.2. The van der Waals surface area contributed by atoms with Crippen LogP contribution in [0.3, 0.4) is 0 Å². The molecule has 0 saturated heterocycles. The van der Waals surface area contributed by atoms with Crippen LogP contribution in [0.5, 0.6) is 0 Å². The van der Waals surface area contributed by atoms with Crippen molar-refractivity contribution in [3.05, 3.63) is 10.4 Å². The molecule has 0 aliphatic rings. The van der Waals surface area contributed by atoms with Crippen LogP contribution in [0, 0.1) is 0 Å². The van der Waals surface area contributed by atoms with Gasteiger partial charge in [-0.1, -0.05) is 0 Å². The van der Waals surface area contributed by atoms with Crippen LogP contribution in [-0.4, -0.2) is 35.1 Å². The number of nitrogens with zero attached hydrogens (tertiary/aromatic N) is 1. The molecule has 0 atom stereocenters. The minimum atomic E-state index is -2.36. The second-order valence-corrected chi connectivity index (χ2v) is 20.1. The molecule has 0 amide bonds. The molecule has 2 nitrogen and oxygen atoms in total. The zero-order valence-electron chi connectivity index (χ0n) is 14.2. The summed E-state index contributed by atoms with van der Waals surface area (Å²) in [5.74, 6) is 0. The summed E-state index contributed by atoms with van der Waals surface area (Å²) >= 11 is -0.580. The Morgan fingerprint density at radius 1 is 1.00 bits per heavy atom. The van der Waals surface area contributed by atoms with Gasteiger partial charge in [-0.05, 0) is 0 Å². The van der Waals surface area contributed by atoms with Crippen molar-refractivity contribution in [1.82, 2.24) is 4.98 Å². The van der Waals surface area contributed by atoms with Crippen LogP contribution in [0.2, 0.25) is 13.3 Å². The zero-order chi connectivity index (χ0) is 15.6. The molecule has 0 spiro atoms. The van der Waals surface area contributed by atoms with E-state index in [0.717, 1.165) is 6.42 Å². The van der Waals surface area contributed by atoms with Crippen molar-refractivity contribution in [1.29, 1.82) is 0 Å². The van der Waals surface area contributed by atoms with Gasteiger partial charge < -0.3 is 0 Å². The molecule has 1 aromatic rings. The number of aromatic nitrogens is 1. The third-order valence-electron chi connectivity index (χ3n) is 4.51. The molecule has 0 aliphatic heterocycles. The minimum absolute atomic E-state index is 0.270. The van der Waals surface area contributed by atoms with Crippen molar-refractivity contribution in [2.45, 2.75) is 79.0 Å². The van der Waals surface area contributed by atoms with Crippen LogP contribution in [-0.2, 0) is 6.42 Å². The molecule has 0 aliphatic carbocycles. The summed E-state index contributed by atoms with van der Waals surface area (Å²) in [5.41, 5.74) is 2.04. The molecule has 0 fully saturated rings. The first kappa shape index (κ1) is 19.4. The van der Waals surface area contributed by atoms with Crippen molar-refractivity contribution in [3.8, 4) is 0 Å². The molecule has 122 valence electrons. The van der Waals surface area contributed by atoms with Gasteiger partial charge in [-0.3, -0.25) is 0 Å². The van der Waals surface area contributed by atoms with E-state index in [9.17, 15) is 5.11 Å². The van der Waals surface area contributed by atoms with E-state index in [2.05, 4.69) is 20.8 Å². The standard InChI is InChI=1S/C5H6NOS.3C4H9.Sn/c7-2-1-5-3-6-4-8-5;3*1-3-4-2;/h4,7H,1-2H2;3*1,3-4H2,2H3;. The third kappa shape index (κ3) is 5.83. The molecule has 1 N–H and O–H groups in total. The van der Waals surface area contributed by atoms with E-state index < -0.39 is 18.4 Å². The van der Waals surface area contributed by atoms with Gasteiger partial charge in [0.05, 0.1) is 0 Å². The van der Waals surface area contributed by atoms with Gasteiger partial charge >= 0.3 is 140 Å². The summed E-state index contributed by atoms with van der Waals surface area (Å²) in [5, 5.41) is 9.36. The molecule has 0 saturated carbocycles. The number of aliphatic hydroxyl groups excluding tert-OH is 1. The van der Waals surface area contributed by atoms with Gasteiger partial charge in [-0.25, -0.2) is 0 Å². The second-order valence-electron chi connectivity index (χ2n) is 6.19. The molecule has 21 heavy (non-hydrogen) atoms. The Labute approximate surface area is 139 Å². The molecule has 0 aromatic carbocycles. The predicted octanol–water partition coefficient (Wildman–Crippen LogP) is 4.73. The number of aliphatic hydroxyl groups is 1. The predicted molar refractivity (Wildman–Crippen MR) is 97.4 cm³/mol. The Balaban J connectivity index is 3.06. The van der Waals surface area contributed by atoms with Gasteiger partial charge in [-0.2, -0.15) is 0 Å². The zero-order valence-corrected chi connectivity index (χ0v) is 17.8. The molecular formula is C17H33NOSSn. The van der Waals surface area contributed by atoms with E-state index in [1.165, 1.54) is 60.4 Å². The maximum atomic E-state index is 9.36. The summed E-state index contributed by atoms with van der Waals surface area (Å²) < 4.78 is 5.92. The SMILES string of the molecule is CCC[CH2][Sn]([CH2]CCC)([CH2]CCC)[c]1ncsc1CCO. The number of rotatable bonds is 12. The molecule has 1 aromatic heterocycles. The molecule has 1 heterocycles. The molecule has 1 rings (SSSR count). The van der Waals surface area contributed by atoms with Crippen LogP contribution in [0.15, 0.2) is 5.51 Å². The second kappa shape index (κ2) is 11.0. The van der Waals surface area contributed by atoms with Gasteiger partial charge in [0, 0.05) is 0 Å². The molecular weight excluding hydrogens is 385 g/mol. The van der Waals surface area contributed by atoms with Gasteiger partial charge in [0.2, 0.25) is 0 Å². The van der Waals surface area contributed by atoms with Crippen LogP contribution >= 0.6 is 11.3 Å². The van der Waals surface area contributed by atoms with Crippen LogP contribution in [0.25, 0.3) is 0 Å².